The Labute approximate surface area is 87.3 Å². The lowest BCUT2D eigenvalue weighted by Gasteiger charge is -2.34. The number of nitrogen functional groups attached to an aromatic ring is 1. The lowest BCUT2D eigenvalue weighted by atomic mass is 9.78. The third-order valence-corrected chi connectivity index (χ3v) is 3.11. The van der Waals surface area contributed by atoms with E-state index in [9.17, 15) is 8.78 Å². The number of hydrogen-bond donors (Lipinski definition) is 1. The van der Waals surface area contributed by atoms with Crippen LogP contribution < -0.4 is 5.73 Å². The van der Waals surface area contributed by atoms with Gasteiger partial charge in [0.25, 0.3) is 0 Å². The third kappa shape index (κ3) is 1.82. The molecular formula is C10H15F2N3. The molecule has 15 heavy (non-hydrogen) atoms. The molecule has 2 N–H and O–H groups in total. The molecule has 1 aliphatic rings. The van der Waals surface area contributed by atoms with E-state index in [4.69, 9.17) is 5.73 Å². The molecule has 0 saturated heterocycles. The van der Waals surface area contributed by atoms with Crippen molar-refractivity contribution in [2.75, 3.05) is 5.73 Å². The molecule has 0 bridgehead atoms. The van der Waals surface area contributed by atoms with Crippen LogP contribution in [0.15, 0.2) is 0 Å². The Hall–Kier alpha value is -1.13. The molecule has 0 amide bonds. The van der Waals surface area contributed by atoms with Crippen LogP contribution in [0.4, 0.5) is 14.5 Å². The fraction of sp³-hybridized carbons (Fsp3) is 0.700. The van der Waals surface area contributed by atoms with Gasteiger partial charge in [0.05, 0.1) is 17.1 Å². The molecule has 1 fully saturated rings. The Morgan fingerprint density at radius 2 is 2.13 bits per heavy atom. The molecule has 0 spiro atoms. The molecule has 0 radical (unpaired) electrons. The largest absolute Gasteiger partial charge is 0.396 e. The number of rotatable bonds is 2. The van der Waals surface area contributed by atoms with Gasteiger partial charge in [-0.2, -0.15) is 5.10 Å². The first kappa shape index (κ1) is 10.4. The summed E-state index contributed by atoms with van der Waals surface area (Å²) in [5, 5.41) is 4.23. The first-order valence-corrected chi connectivity index (χ1v) is 5.05. The fourth-order valence-corrected chi connectivity index (χ4v) is 2.05. The first-order chi connectivity index (χ1) is 6.89. The highest BCUT2D eigenvalue weighted by Crippen LogP contribution is 2.44. The van der Waals surface area contributed by atoms with Crippen LogP contribution in [0.25, 0.3) is 0 Å². The highest BCUT2D eigenvalue weighted by molar-refractivity contribution is 5.47. The van der Waals surface area contributed by atoms with Crippen molar-refractivity contribution in [1.82, 2.24) is 9.78 Å². The van der Waals surface area contributed by atoms with Crippen LogP contribution in [0.1, 0.15) is 24.2 Å². The molecule has 2 rings (SSSR count). The summed E-state index contributed by atoms with van der Waals surface area (Å²) in [6.45, 7) is 1.88. The van der Waals surface area contributed by atoms with E-state index in [1.54, 1.807) is 4.68 Å². The molecule has 0 unspecified atom stereocenters. The summed E-state index contributed by atoms with van der Waals surface area (Å²) in [4.78, 5) is 0. The van der Waals surface area contributed by atoms with E-state index >= 15 is 0 Å². The van der Waals surface area contributed by atoms with E-state index in [1.165, 1.54) is 0 Å². The summed E-state index contributed by atoms with van der Waals surface area (Å²) in [7, 11) is 1.81. The minimum absolute atomic E-state index is 0.0257. The summed E-state index contributed by atoms with van der Waals surface area (Å²) < 4.78 is 26.9. The second-order valence-corrected chi connectivity index (χ2v) is 4.40. The smallest absolute Gasteiger partial charge is 0.248 e. The monoisotopic (exact) mass is 215 g/mol. The molecule has 1 aromatic rings. The van der Waals surface area contributed by atoms with Gasteiger partial charge in [0, 0.05) is 19.9 Å². The second-order valence-electron chi connectivity index (χ2n) is 4.40. The van der Waals surface area contributed by atoms with Crippen molar-refractivity contribution in [3.63, 3.8) is 0 Å². The highest BCUT2D eigenvalue weighted by atomic mass is 19.3. The van der Waals surface area contributed by atoms with Crippen LogP contribution in [0, 0.1) is 12.8 Å². The quantitative estimate of drug-likeness (QED) is 0.818. The third-order valence-electron chi connectivity index (χ3n) is 3.11. The van der Waals surface area contributed by atoms with Crippen molar-refractivity contribution in [2.24, 2.45) is 13.0 Å². The molecule has 0 aromatic carbocycles. The zero-order valence-corrected chi connectivity index (χ0v) is 8.93. The predicted molar refractivity (Wildman–Crippen MR) is 53.7 cm³/mol. The minimum atomic E-state index is -2.46. The Morgan fingerprint density at radius 1 is 1.53 bits per heavy atom. The van der Waals surface area contributed by atoms with Crippen molar-refractivity contribution < 1.29 is 8.78 Å². The Morgan fingerprint density at radius 3 is 2.53 bits per heavy atom. The molecule has 1 aromatic heterocycles. The molecule has 0 atom stereocenters. The molecule has 0 aliphatic heterocycles. The molecule has 3 nitrogen and oxygen atoms in total. The number of nitrogens with zero attached hydrogens (tertiary/aromatic N) is 2. The van der Waals surface area contributed by atoms with Crippen molar-refractivity contribution in [2.45, 2.75) is 32.1 Å². The maximum atomic E-state index is 12.6. The van der Waals surface area contributed by atoms with Crippen LogP contribution in [0.3, 0.4) is 0 Å². The Balaban J connectivity index is 2.03. The number of hydrogen-bond acceptors (Lipinski definition) is 2. The SMILES string of the molecule is Cc1c(N)c(CC2CC(F)(F)C2)nn1C. The van der Waals surface area contributed by atoms with Gasteiger partial charge >= 0.3 is 0 Å². The van der Waals surface area contributed by atoms with Crippen molar-refractivity contribution in [3.8, 4) is 0 Å². The highest BCUT2D eigenvalue weighted by Gasteiger charge is 2.45. The molecule has 5 heteroatoms. The van der Waals surface area contributed by atoms with Gasteiger partial charge < -0.3 is 5.73 Å². The fourth-order valence-electron chi connectivity index (χ4n) is 2.05. The van der Waals surface area contributed by atoms with Gasteiger partial charge in [-0.05, 0) is 19.3 Å². The van der Waals surface area contributed by atoms with E-state index < -0.39 is 5.92 Å². The van der Waals surface area contributed by atoms with Gasteiger partial charge in [-0.15, -0.1) is 0 Å². The average Bonchev–Trinajstić information content (AvgIpc) is 2.31. The Bertz CT molecular complexity index is 376. The summed E-state index contributed by atoms with van der Waals surface area (Å²) in [6, 6.07) is 0. The Kier molecular flexibility index (Phi) is 2.20. The van der Waals surface area contributed by atoms with Crippen molar-refractivity contribution >= 4 is 5.69 Å². The van der Waals surface area contributed by atoms with E-state index in [1.807, 2.05) is 14.0 Å². The van der Waals surface area contributed by atoms with E-state index in [-0.39, 0.29) is 18.8 Å². The molecular weight excluding hydrogens is 200 g/mol. The number of halogens is 2. The van der Waals surface area contributed by atoms with Crippen molar-refractivity contribution in [3.05, 3.63) is 11.4 Å². The first-order valence-electron chi connectivity index (χ1n) is 5.05. The standard InChI is InChI=1S/C10H15F2N3/c1-6-9(13)8(14-15(6)2)3-7-4-10(11,12)5-7/h7H,3-5,13H2,1-2H3. The summed E-state index contributed by atoms with van der Waals surface area (Å²) in [5.41, 5.74) is 8.13. The maximum absolute atomic E-state index is 12.6. The maximum Gasteiger partial charge on any atom is 0.248 e. The predicted octanol–water partition coefficient (Wildman–Crippen LogP) is 1.90. The van der Waals surface area contributed by atoms with Crippen LogP contribution in [-0.4, -0.2) is 15.7 Å². The summed E-state index contributed by atoms with van der Waals surface area (Å²) in [6.07, 6.45) is 0.521. The number of alkyl halides is 2. The molecule has 1 saturated carbocycles. The number of nitrogens with two attached hydrogens (primary N) is 1. The summed E-state index contributed by atoms with van der Waals surface area (Å²) in [5.74, 6) is -2.42. The second kappa shape index (κ2) is 3.18. The van der Waals surface area contributed by atoms with E-state index in [0.29, 0.717) is 12.1 Å². The molecule has 1 heterocycles. The van der Waals surface area contributed by atoms with Gasteiger partial charge in [-0.25, -0.2) is 8.78 Å². The van der Waals surface area contributed by atoms with Gasteiger partial charge in [0.2, 0.25) is 5.92 Å². The zero-order chi connectivity index (χ0) is 11.2. The number of anilines is 1. The minimum Gasteiger partial charge on any atom is -0.396 e. The topological polar surface area (TPSA) is 43.8 Å². The summed E-state index contributed by atoms with van der Waals surface area (Å²) >= 11 is 0. The number of aromatic nitrogens is 2. The van der Waals surface area contributed by atoms with Crippen LogP contribution in [0.5, 0.6) is 0 Å². The van der Waals surface area contributed by atoms with E-state index in [2.05, 4.69) is 5.10 Å². The number of aryl methyl sites for hydroxylation is 1. The molecule has 1 aliphatic carbocycles. The normalized spacial score (nSPS) is 20.3. The van der Waals surface area contributed by atoms with Crippen LogP contribution in [-0.2, 0) is 13.5 Å². The zero-order valence-electron chi connectivity index (χ0n) is 8.93. The van der Waals surface area contributed by atoms with Gasteiger partial charge in [0.1, 0.15) is 0 Å². The van der Waals surface area contributed by atoms with E-state index in [0.717, 1.165) is 11.4 Å². The van der Waals surface area contributed by atoms with Crippen molar-refractivity contribution in [1.29, 1.82) is 0 Å². The average molecular weight is 215 g/mol. The van der Waals surface area contributed by atoms with Crippen LogP contribution >= 0.6 is 0 Å². The van der Waals surface area contributed by atoms with Gasteiger partial charge in [-0.3, -0.25) is 4.68 Å². The van der Waals surface area contributed by atoms with Gasteiger partial charge in [-0.1, -0.05) is 0 Å². The van der Waals surface area contributed by atoms with Crippen LogP contribution in [0.2, 0.25) is 0 Å². The molecule has 84 valence electrons. The lowest BCUT2D eigenvalue weighted by Crippen LogP contribution is -2.36. The van der Waals surface area contributed by atoms with Gasteiger partial charge in [0.15, 0.2) is 0 Å². The lowest BCUT2D eigenvalue weighted by molar-refractivity contribution is -0.109.